The number of carbonyl (C=O) groups is 2. The van der Waals surface area contributed by atoms with Gasteiger partial charge in [-0.3, -0.25) is 9.78 Å². The van der Waals surface area contributed by atoms with Crippen molar-refractivity contribution < 1.29 is 19.4 Å². The summed E-state index contributed by atoms with van der Waals surface area (Å²) in [7, 11) is 0. The van der Waals surface area contributed by atoms with Gasteiger partial charge in [-0.05, 0) is 18.6 Å². The Hall–Kier alpha value is -1.95. The van der Waals surface area contributed by atoms with Crippen molar-refractivity contribution in [1.82, 2.24) is 10.3 Å². The summed E-state index contributed by atoms with van der Waals surface area (Å²) in [5.41, 5.74) is -0.0693. The van der Waals surface area contributed by atoms with Crippen LogP contribution in [0.3, 0.4) is 0 Å². The van der Waals surface area contributed by atoms with Crippen LogP contribution in [0, 0.1) is 6.92 Å². The number of nitrogens with one attached hydrogen (secondary N) is 1. The molecule has 1 aromatic rings. The fourth-order valence-electron chi connectivity index (χ4n) is 2.13. The standard InChI is InChI=1S/C13H16N2O4/c1-9-8-14-5-2-10(9)11(16)15-13(12(17)18)3-6-19-7-4-13/h2,5,8H,3-4,6-7H2,1H3,(H,15,16)(H,17,18). The number of carbonyl (C=O) groups excluding carboxylic acids is 1. The Morgan fingerprint density at radius 3 is 2.68 bits per heavy atom. The van der Waals surface area contributed by atoms with Crippen molar-refractivity contribution in [1.29, 1.82) is 0 Å². The van der Waals surface area contributed by atoms with Crippen LogP contribution in [-0.2, 0) is 9.53 Å². The summed E-state index contributed by atoms with van der Waals surface area (Å²) in [5, 5.41) is 12.0. The van der Waals surface area contributed by atoms with Crippen molar-refractivity contribution in [2.45, 2.75) is 25.3 Å². The molecule has 1 amide bonds. The van der Waals surface area contributed by atoms with Crippen LogP contribution in [0.25, 0.3) is 0 Å². The van der Waals surface area contributed by atoms with Crippen LogP contribution in [0.2, 0.25) is 0 Å². The first-order chi connectivity index (χ1) is 9.05. The molecule has 0 spiro atoms. The van der Waals surface area contributed by atoms with Gasteiger partial charge in [-0.2, -0.15) is 0 Å². The summed E-state index contributed by atoms with van der Waals surface area (Å²) in [6.07, 6.45) is 3.64. The van der Waals surface area contributed by atoms with Crippen molar-refractivity contribution in [2.75, 3.05) is 13.2 Å². The minimum Gasteiger partial charge on any atom is -0.480 e. The number of pyridine rings is 1. The van der Waals surface area contributed by atoms with Crippen LogP contribution in [0.4, 0.5) is 0 Å². The quantitative estimate of drug-likeness (QED) is 0.841. The number of carboxylic acid groups (broad SMARTS) is 1. The summed E-state index contributed by atoms with van der Waals surface area (Å²) in [6, 6.07) is 1.58. The van der Waals surface area contributed by atoms with Crippen LogP contribution in [0.15, 0.2) is 18.5 Å². The van der Waals surface area contributed by atoms with E-state index in [9.17, 15) is 14.7 Å². The summed E-state index contributed by atoms with van der Waals surface area (Å²) >= 11 is 0. The first kappa shape index (κ1) is 13.5. The predicted molar refractivity (Wildman–Crippen MR) is 66.9 cm³/mol. The number of ether oxygens (including phenoxy) is 1. The number of nitrogens with zero attached hydrogens (tertiary/aromatic N) is 1. The van der Waals surface area contributed by atoms with E-state index in [1.165, 1.54) is 6.20 Å². The van der Waals surface area contributed by atoms with Gasteiger partial charge in [0.1, 0.15) is 5.54 Å². The van der Waals surface area contributed by atoms with Crippen LogP contribution >= 0.6 is 0 Å². The van der Waals surface area contributed by atoms with E-state index in [2.05, 4.69) is 10.3 Å². The molecule has 1 fully saturated rings. The third kappa shape index (κ3) is 2.73. The Bertz CT molecular complexity index is 495. The summed E-state index contributed by atoms with van der Waals surface area (Å²) < 4.78 is 5.16. The highest BCUT2D eigenvalue weighted by Crippen LogP contribution is 2.22. The fourth-order valence-corrected chi connectivity index (χ4v) is 2.13. The lowest BCUT2D eigenvalue weighted by Crippen LogP contribution is -2.57. The van der Waals surface area contributed by atoms with Gasteiger partial charge in [0.2, 0.25) is 0 Å². The Balaban J connectivity index is 2.20. The van der Waals surface area contributed by atoms with Gasteiger partial charge in [-0.25, -0.2) is 4.79 Å². The number of aliphatic carboxylic acids is 1. The van der Waals surface area contributed by atoms with Gasteiger partial charge in [-0.1, -0.05) is 0 Å². The molecular weight excluding hydrogens is 248 g/mol. The Morgan fingerprint density at radius 1 is 1.42 bits per heavy atom. The minimum atomic E-state index is -1.23. The van der Waals surface area contributed by atoms with Crippen LogP contribution in [0.5, 0.6) is 0 Å². The highest BCUT2D eigenvalue weighted by atomic mass is 16.5. The van der Waals surface area contributed by atoms with Gasteiger partial charge in [0.15, 0.2) is 0 Å². The Morgan fingerprint density at radius 2 is 2.11 bits per heavy atom. The van der Waals surface area contributed by atoms with Gasteiger partial charge < -0.3 is 15.2 Å². The molecule has 0 aliphatic carbocycles. The molecule has 0 atom stereocenters. The average Bonchev–Trinajstić information content (AvgIpc) is 2.40. The van der Waals surface area contributed by atoms with Gasteiger partial charge in [0, 0.05) is 44.0 Å². The van der Waals surface area contributed by atoms with Crippen molar-refractivity contribution in [3.8, 4) is 0 Å². The van der Waals surface area contributed by atoms with Gasteiger partial charge in [0.05, 0.1) is 0 Å². The van der Waals surface area contributed by atoms with E-state index < -0.39 is 11.5 Å². The smallest absolute Gasteiger partial charge is 0.329 e. The van der Waals surface area contributed by atoms with E-state index in [1.807, 2.05) is 0 Å². The molecule has 0 unspecified atom stereocenters. The number of amides is 1. The lowest BCUT2D eigenvalue weighted by atomic mass is 9.89. The predicted octanol–water partition coefficient (Wildman–Crippen LogP) is 0.754. The fraction of sp³-hybridized carbons (Fsp3) is 0.462. The number of aromatic nitrogens is 1. The molecule has 2 heterocycles. The second-order valence-corrected chi connectivity index (χ2v) is 4.64. The third-order valence-electron chi connectivity index (χ3n) is 3.37. The Labute approximate surface area is 110 Å². The zero-order valence-corrected chi connectivity index (χ0v) is 10.7. The van der Waals surface area contributed by atoms with Crippen LogP contribution in [-0.4, -0.2) is 40.7 Å². The molecule has 0 bridgehead atoms. The zero-order valence-electron chi connectivity index (χ0n) is 10.7. The van der Waals surface area contributed by atoms with E-state index in [0.29, 0.717) is 24.3 Å². The SMILES string of the molecule is Cc1cnccc1C(=O)NC1(C(=O)O)CCOCC1. The summed E-state index contributed by atoms with van der Waals surface area (Å²) in [6.45, 7) is 2.43. The van der Waals surface area contributed by atoms with Crippen molar-refractivity contribution in [3.05, 3.63) is 29.6 Å². The minimum absolute atomic E-state index is 0.276. The highest BCUT2D eigenvalue weighted by molar-refractivity contribution is 5.98. The van der Waals surface area contributed by atoms with E-state index >= 15 is 0 Å². The molecule has 2 N–H and O–H groups in total. The lowest BCUT2D eigenvalue weighted by Gasteiger charge is -2.34. The maximum Gasteiger partial charge on any atom is 0.329 e. The molecule has 2 rings (SSSR count). The zero-order chi connectivity index (χ0) is 13.9. The van der Waals surface area contributed by atoms with Crippen molar-refractivity contribution in [3.63, 3.8) is 0 Å². The first-order valence-corrected chi connectivity index (χ1v) is 6.09. The second kappa shape index (κ2) is 5.36. The third-order valence-corrected chi connectivity index (χ3v) is 3.37. The monoisotopic (exact) mass is 264 g/mol. The first-order valence-electron chi connectivity index (χ1n) is 6.09. The lowest BCUT2D eigenvalue weighted by molar-refractivity contribution is -0.148. The largest absolute Gasteiger partial charge is 0.480 e. The highest BCUT2D eigenvalue weighted by Gasteiger charge is 2.41. The maximum absolute atomic E-state index is 12.2. The topological polar surface area (TPSA) is 88.5 Å². The van der Waals surface area contributed by atoms with Crippen LogP contribution < -0.4 is 5.32 Å². The molecule has 1 saturated heterocycles. The van der Waals surface area contributed by atoms with E-state index in [4.69, 9.17) is 4.74 Å². The van der Waals surface area contributed by atoms with Gasteiger partial charge in [0.25, 0.3) is 5.91 Å². The molecule has 19 heavy (non-hydrogen) atoms. The molecular formula is C13H16N2O4. The summed E-state index contributed by atoms with van der Waals surface area (Å²) in [5.74, 6) is -1.40. The van der Waals surface area contributed by atoms with E-state index in [1.54, 1.807) is 19.2 Å². The molecule has 0 aromatic carbocycles. The number of hydrogen-bond acceptors (Lipinski definition) is 4. The maximum atomic E-state index is 12.2. The molecule has 1 aliphatic heterocycles. The van der Waals surface area contributed by atoms with E-state index in [0.717, 1.165) is 0 Å². The van der Waals surface area contributed by atoms with E-state index in [-0.39, 0.29) is 18.7 Å². The van der Waals surface area contributed by atoms with Crippen LogP contribution in [0.1, 0.15) is 28.8 Å². The molecule has 6 heteroatoms. The molecule has 6 nitrogen and oxygen atoms in total. The van der Waals surface area contributed by atoms with Gasteiger partial charge >= 0.3 is 5.97 Å². The normalized spacial score (nSPS) is 17.7. The molecule has 1 aliphatic rings. The van der Waals surface area contributed by atoms with Gasteiger partial charge in [-0.15, -0.1) is 0 Å². The number of carboxylic acids is 1. The number of hydrogen-bond donors (Lipinski definition) is 2. The molecule has 1 aromatic heterocycles. The summed E-state index contributed by atoms with van der Waals surface area (Å²) in [4.78, 5) is 27.6. The molecule has 0 radical (unpaired) electrons. The second-order valence-electron chi connectivity index (χ2n) is 4.64. The number of rotatable bonds is 3. The Kier molecular flexibility index (Phi) is 3.80. The average molecular weight is 264 g/mol. The van der Waals surface area contributed by atoms with Crippen molar-refractivity contribution >= 4 is 11.9 Å². The number of aryl methyl sites for hydroxylation is 1. The molecule has 102 valence electrons. The molecule has 0 saturated carbocycles. The van der Waals surface area contributed by atoms with Crippen molar-refractivity contribution in [2.24, 2.45) is 0 Å².